The number of methoxy groups -OCH3 is 1. The average Bonchev–Trinajstić information content (AvgIpc) is 2.41. The van der Waals surface area contributed by atoms with E-state index in [1.54, 1.807) is 31.1 Å². The molecule has 0 bridgehead atoms. The SMILES string of the molecule is COCCN(CCNS(=O)(=O)c1ccc(C)cc1C)C(C)=O. The molecule has 0 unspecified atom stereocenters. The number of carbonyl (C=O) groups excluding carboxylic acids is 1. The van der Waals surface area contributed by atoms with E-state index in [-0.39, 0.29) is 17.3 Å². The van der Waals surface area contributed by atoms with Gasteiger partial charge in [-0.3, -0.25) is 4.79 Å². The Hall–Kier alpha value is -1.44. The van der Waals surface area contributed by atoms with Crippen molar-refractivity contribution in [2.75, 3.05) is 33.4 Å². The summed E-state index contributed by atoms with van der Waals surface area (Å²) in [7, 11) is -2.01. The summed E-state index contributed by atoms with van der Waals surface area (Å²) in [4.78, 5) is 13.3. The average molecular weight is 328 g/mol. The molecule has 0 radical (unpaired) electrons. The number of ether oxygens (including phenoxy) is 1. The van der Waals surface area contributed by atoms with Gasteiger partial charge in [-0.2, -0.15) is 0 Å². The minimum Gasteiger partial charge on any atom is -0.383 e. The lowest BCUT2D eigenvalue weighted by atomic mass is 10.2. The predicted molar refractivity (Wildman–Crippen MR) is 85.2 cm³/mol. The second-order valence-corrected chi connectivity index (χ2v) is 6.90. The molecule has 7 heteroatoms. The van der Waals surface area contributed by atoms with Crippen LogP contribution in [0.4, 0.5) is 0 Å². The molecule has 0 heterocycles. The van der Waals surface area contributed by atoms with E-state index in [1.165, 1.54) is 6.92 Å². The van der Waals surface area contributed by atoms with Gasteiger partial charge < -0.3 is 9.64 Å². The van der Waals surface area contributed by atoms with Gasteiger partial charge in [-0.15, -0.1) is 0 Å². The fourth-order valence-electron chi connectivity index (χ4n) is 2.12. The topological polar surface area (TPSA) is 75.7 Å². The molecule has 6 nitrogen and oxygen atoms in total. The third-order valence-electron chi connectivity index (χ3n) is 3.30. The molecular formula is C15H24N2O4S. The van der Waals surface area contributed by atoms with E-state index < -0.39 is 10.0 Å². The van der Waals surface area contributed by atoms with Crippen LogP contribution in [-0.4, -0.2) is 52.6 Å². The number of sulfonamides is 1. The maximum atomic E-state index is 12.3. The molecule has 22 heavy (non-hydrogen) atoms. The van der Waals surface area contributed by atoms with Crippen LogP contribution < -0.4 is 4.72 Å². The Morgan fingerprint density at radius 1 is 1.27 bits per heavy atom. The summed E-state index contributed by atoms with van der Waals surface area (Å²) in [6, 6.07) is 5.19. The van der Waals surface area contributed by atoms with E-state index in [9.17, 15) is 13.2 Å². The molecule has 0 spiro atoms. The molecule has 124 valence electrons. The molecule has 1 aromatic rings. The molecule has 1 N–H and O–H groups in total. The molecule has 0 aliphatic carbocycles. The molecule has 1 amide bonds. The number of hydrogen-bond acceptors (Lipinski definition) is 4. The lowest BCUT2D eigenvalue weighted by Crippen LogP contribution is -2.39. The Labute approximate surface area is 132 Å². The molecule has 0 saturated heterocycles. The maximum Gasteiger partial charge on any atom is 0.240 e. The van der Waals surface area contributed by atoms with Gasteiger partial charge in [0, 0.05) is 33.7 Å². The molecule has 0 atom stereocenters. The van der Waals surface area contributed by atoms with E-state index in [2.05, 4.69) is 4.72 Å². The number of carbonyl (C=O) groups is 1. The summed E-state index contributed by atoms with van der Waals surface area (Å²) < 4.78 is 32.0. The van der Waals surface area contributed by atoms with E-state index in [4.69, 9.17) is 4.74 Å². The molecule has 0 aliphatic rings. The molecule has 0 aromatic heterocycles. The molecule has 1 aromatic carbocycles. The summed E-state index contributed by atoms with van der Waals surface area (Å²) in [5.41, 5.74) is 1.72. The zero-order chi connectivity index (χ0) is 16.8. The fourth-order valence-corrected chi connectivity index (χ4v) is 3.37. The van der Waals surface area contributed by atoms with Gasteiger partial charge in [0.15, 0.2) is 0 Å². The van der Waals surface area contributed by atoms with Crippen LogP contribution in [0.15, 0.2) is 23.1 Å². The highest BCUT2D eigenvalue weighted by atomic mass is 32.2. The molecule has 1 rings (SSSR count). The van der Waals surface area contributed by atoms with Gasteiger partial charge in [0.2, 0.25) is 15.9 Å². The first-order valence-electron chi connectivity index (χ1n) is 7.09. The largest absolute Gasteiger partial charge is 0.383 e. The van der Waals surface area contributed by atoms with Crippen LogP contribution in [0.5, 0.6) is 0 Å². The Morgan fingerprint density at radius 3 is 2.50 bits per heavy atom. The monoisotopic (exact) mass is 328 g/mol. The third-order valence-corrected chi connectivity index (χ3v) is 4.93. The molecule has 0 fully saturated rings. The first-order chi connectivity index (χ1) is 10.3. The van der Waals surface area contributed by atoms with Gasteiger partial charge in [-0.05, 0) is 25.5 Å². The lowest BCUT2D eigenvalue weighted by molar-refractivity contribution is -0.129. The Bertz CT molecular complexity index is 614. The highest BCUT2D eigenvalue weighted by Crippen LogP contribution is 2.15. The first kappa shape index (κ1) is 18.6. The Kier molecular flexibility index (Phi) is 6.99. The minimum atomic E-state index is -3.57. The van der Waals surface area contributed by atoms with Crippen molar-refractivity contribution in [3.05, 3.63) is 29.3 Å². The zero-order valence-electron chi connectivity index (χ0n) is 13.5. The lowest BCUT2D eigenvalue weighted by Gasteiger charge is -2.21. The Morgan fingerprint density at radius 2 is 1.95 bits per heavy atom. The van der Waals surface area contributed by atoms with Crippen LogP contribution in [0.25, 0.3) is 0 Å². The van der Waals surface area contributed by atoms with Crippen LogP contribution in [0.3, 0.4) is 0 Å². The quantitative estimate of drug-likeness (QED) is 0.775. The zero-order valence-corrected chi connectivity index (χ0v) is 14.4. The number of aryl methyl sites for hydroxylation is 2. The number of amides is 1. The van der Waals surface area contributed by atoms with Crippen molar-refractivity contribution in [2.24, 2.45) is 0 Å². The van der Waals surface area contributed by atoms with E-state index in [1.807, 2.05) is 13.0 Å². The maximum absolute atomic E-state index is 12.3. The first-order valence-corrected chi connectivity index (χ1v) is 8.57. The van der Waals surface area contributed by atoms with Crippen LogP contribution in [0.1, 0.15) is 18.1 Å². The fraction of sp³-hybridized carbons (Fsp3) is 0.533. The second kappa shape index (κ2) is 8.26. The van der Waals surface area contributed by atoms with Gasteiger partial charge in [-0.1, -0.05) is 17.7 Å². The van der Waals surface area contributed by atoms with Crippen molar-refractivity contribution in [3.63, 3.8) is 0 Å². The smallest absolute Gasteiger partial charge is 0.240 e. The predicted octanol–water partition coefficient (Wildman–Crippen LogP) is 1.08. The highest BCUT2D eigenvalue weighted by molar-refractivity contribution is 7.89. The van der Waals surface area contributed by atoms with Gasteiger partial charge in [0.05, 0.1) is 11.5 Å². The van der Waals surface area contributed by atoms with Crippen LogP contribution in [0, 0.1) is 13.8 Å². The van der Waals surface area contributed by atoms with Crippen LogP contribution in [-0.2, 0) is 19.6 Å². The number of hydrogen-bond donors (Lipinski definition) is 1. The van der Waals surface area contributed by atoms with E-state index >= 15 is 0 Å². The summed E-state index contributed by atoms with van der Waals surface area (Å²) in [6.45, 7) is 6.47. The molecular weight excluding hydrogens is 304 g/mol. The molecule has 0 aliphatic heterocycles. The number of benzene rings is 1. The standard InChI is InChI=1S/C15H24N2O4S/c1-12-5-6-15(13(2)11-12)22(19,20)16-7-8-17(14(3)18)9-10-21-4/h5-6,11,16H,7-10H2,1-4H3. The van der Waals surface area contributed by atoms with Crippen molar-refractivity contribution in [1.82, 2.24) is 9.62 Å². The van der Waals surface area contributed by atoms with E-state index in [0.717, 1.165) is 5.56 Å². The summed E-state index contributed by atoms with van der Waals surface area (Å²) in [5, 5.41) is 0. The van der Waals surface area contributed by atoms with Gasteiger partial charge in [0.25, 0.3) is 0 Å². The second-order valence-electron chi connectivity index (χ2n) is 5.17. The summed E-state index contributed by atoms with van der Waals surface area (Å²) in [5.74, 6) is -0.109. The number of nitrogens with zero attached hydrogens (tertiary/aromatic N) is 1. The third kappa shape index (κ3) is 5.40. The Balaban J connectivity index is 2.67. The van der Waals surface area contributed by atoms with Gasteiger partial charge >= 0.3 is 0 Å². The summed E-state index contributed by atoms with van der Waals surface area (Å²) in [6.07, 6.45) is 0. The van der Waals surface area contributed by atoms with Crippen molar-refractivity contribution < 1.29 is 17.9 Å². The van der Waals surface area contributed by atoms with Crippen molar-refractivity contribution >= 4 is 15.9 Å². The van der Waals surface area contributed by atoms with Crippen molar-refractivity contribution in [1.29, 1.82) is 0 Å². The number of rotatable bonds is 8. The summed E-state index contributed by atoms with van der Waals surface area (Å²) >= 11 is 0. The number of nitrogens with one attached hydrogen (secondary N) is 1. The normalized spacial score (nSPS) is 11.5. The molecule has 0 saturated carbocycles. The van der Waals surface area contributed by atoms with Crippen LogP contribution in [0.2, 0.25) is 0 Å². The van der Waals surface area contributed by atoms with Crippen LogP contribution >= 0.6 is 0 Å². The van der Waals surface area contributed by atoms with E-state index in [0.29, 0.717) is 25.3 Å². The highest BCUT2D eigenvalue weighted by Gasteiger charge is 2.17. The van der Waals surface area contributed by atoms with Crippen molar-refractivity contribution in [2.45, 2.75) is 25.7 Å². The van der Waals surface area contributed by atoms with Gasteiger partial charge in [0.1, 0.15) is 0 Å². The minimum absolute atomic E-state index is 0.109. The van der Waals surface area contributed by atoms with Crippen molar-refractivity contribution in [3.8, 4) is 0 Å². The van der Waals surface area contributed by atoms with Gasteiger partial charge in [-0.25, -0.2) is 13.1 Å².